The molecule has 2 fully saturated rings. The van der Waals surface area contributed by atoms with Crippen LogP contribution in [0.15, 0.2) is 18.5 Å². The lowest BCUT2D eigenvalue weighted by Gasteiger charge is -2.32. The van der Waals surface area contributed by atoms with Crippen LogP contribution in [0.1, 0.15) is 42.1 Å². The Morgan fingerprint density at radius 2 is 2.16 bits per heavy atom. The number of nitrogens with one attached hydrogen (secondary N) is 1. The number of hydrogen-bond donors (Lipinski definition) is 1. The Hall–Kier alpha value is -2.46. The Morgan fingerprint density at radius 3 is 2.76 bits per heavy atom. The highest BCUT2D eigenvalue weighted by atomic mass is 16.5. The molecule has 1 N–H and O–H groups in total. The number of carbonyl (C=O) groups is 2. The Bertz CT molecular complexity index is 721. The van der Waals surface area contributed by atoms with Crippen LogP contribution in [0.2, 0.25) is 0 Å². The highest BCUT2D eigenvalue weighted by Gasteiger charge is 2.58. The first-order chi connectivity index (χ1) is 12.0. The molecule has 132 valence electrons. The third-order valence-corrected chi connectivity index (χ3v) is 5.24. The van der Waals surface area contributed by atoms with Crippen molar-refractivity contribution in [3.05, 3.63) is 29.6 Å². The summed E-state index contributed by atoms with van der Waals surface area (Å²) in [5.41, 5.74) is 0.285. The summed E-state index contributed by atoms with van der Waals surface area (Å²) in [6.07, 6.45) is 5.51. The molecule has 25 heavy (non-hydrogen) atoms. The van der Waals surface area contributed by atoms with Gasteiger partial charge in [-0.05, 0) is 25.3 Å². The standard InChI is InChI=1S/C18H22N4O3/c1-12(23)22-7-4-13(5-8-22)21-16-9-18(16,11-19)15-10-20-6-3-14(15)17(24)25-2/h3,6,10,13,16,21H,4-5,7-9H2,1-2H3. The highest BCUT2D eigenvalue weighted by molar-refractivity contribution is 5.91. The summed E-state index contributed by atoms with van der Waals surface area (Å²) in [5, 5.41) is 13.3. The van der Waals surface area contributed by atoms with Gasteiger partial charge in [0.15, 0.2) is 0 Å². The number of amides is 1. The van der Waals surface area contributed by atoms with Crippen LogP contribution >= 0.6 is 0 Å². The van der Waals surface area contributed by atoms with Crippen LogP contribution in [0.4, 0.5) is 0 Å². The molecule has 2 atom stereocenters. The summed E-state index contributed by atoms with van der Waals surface area (Å²) < 4.78 is 4.83. The van der Waals surface area contributed by atoms with E-state index in [2.05, 4.69) is 16.4 Å². The lowest BCUT2D eigenvalue weighted by Crippen LogP contribution is -2.45. The van der Waals surface area contributed by atoms with Crippen LogP contribution < -0.4 is 5.32 Å². The van der Waals surface area contributed by atoms with E-state index in [1.165, 1.54) is 13.3 Å². The molecule has 1 aliphatic carbocycles. The van der Waals surface area contributed by atoms with Crippen molar-refractivity contribution in [1.82, 2.24) is 15.2 Å². The van der Waals surface area contributed by atoms with E-state index in [-0.39, 0.29) is 18.0 Å². The second-order valence-electron chi connectivity index (χ2n) is 6.70. The van der Waals surface area contributed by atoms with Crippen molar-refractivity contribution in [3.63, 3.8) is 0 Å². The van der Waals surface area contributed by atoms with E-state index in [9.17, 15) is 14.9 Å². The number of esters is 1. The average molecular weight is 342 g/mol. The summed E-state index contributed by atoms with van der Waals surface area (Å²) in [6.45, 7) is 3.06. The van der Waals surface area contributed by atoms with Gasteiger partial charge in [0.05, 0.1) is 18.7 Å². The summed E-state index contributed by atoms with van der Waals surface area (Å²) in [7, 11) is 1.33. The predicted molar refractivity (Wildman–Crippen MR) is 89.7 cm³/mol. The minimum absolute atomic E-state index is 0.0148. The van der Waals surface area contributed by atoms with Crippen molar-refractivity contribution in [2.24, 2.45) is 0 Å². The number of pyridine rings is 1. The number of carbonyl (C=O) groups excluding carboxylic acids is 2. The SMILES string of the molecule is COC(=O)c1ccncc1C1(C#N)CC1NC1CCN(C(C)=O)CC1. The van der Waals surface area contributed by atoms with Crippen molar-refractivity contribution in [3.8, 4) is 6.07 Å². The number of aromatic nitrogens is 1. The molecule has 1 saturated carbocycles. The molecule has 7 heteroatoms. The first-order valence-corrected chi connectivity index (χ1v) is 8.47. The fourth-order valence-electron chi connectivity index (χ4n) is 3.63. The van der Waals surface area contributed by atoms with Gasteiger partial charge in [-0.15, -0.1) is 0 Å². The van der Waals surface area contributed by atoms with Crippen molar-refractivity contribution in [2.45, 2.75) is 43.7 Å². The fourth-order valence-corrected chi connectivity index (χ4v) is 3.63. The fraction of sp³-hybridized carbons (Fsp3) is 0.556. The zero-order chi connectivity index (χ0) is 18.0. The molecule has 1 aliphatic heterocycles. The summed E-state index contributed by atoms with van der Waals surface area (Å²) >= 11 is 0. The third kappa shape index (κ3) is 3.22. The second kappa shape index (κ2) is 6.81. The van der Waals surface area contributed by atoms with Gasteiger partial charge in [-0.3, -0.25) is 9.78 Å². The number of nitrogens with zero attached hydrogens (tertiary/aromatic N) is 3. The molecule has 2 unspecified atom stereocenters. The number of rotatable bonds is 4. The molecule has 0 aromatic carbocycles. The topological polar surface area (TPSA) is 95.3 Å². The van der Waals surface area contributed by atoms with Crippen LogP contribution in [-0.4, -0.2) is 54.0 Å². The first-order valence-electron chi connectivity index (χ1n) is 8.47. The number of piperidine rings is 1. The van der Waals surface area contributed by atoms with E-state index < -0.39 is 11.4 Å². The molecule has 0 spiro atoms. The number of hydrogen-bond acceptors (Lipinski definition) is 6. The van der Waals surface area contributed by atoms with Crippen LogP contribution in [0.25, 0.3) is 0 Å². The molecule has 0 radical (unpaired) electrons. The number of nitriles is 1. The molecule has 1 aromatic rings. The van der Waals surface area contributed by atoms with E-state index in [1.807, 2.05) is 4.90 Å². The number of methoxy groups -OCH3 is 1. The van der Waals surface area contributed by atoms with Crippen molar-refractivity contribution >= 4 is 11.9 Å². The van der Waals surface area contributed by atoms with E-state index >= 15 is 0 Å². The first kappa shape index (κ1) is 17.4. The van der Waals surface area contributed by atoms with Crippen molar-refractivity contribution in [1.29, 1.82) is 5.26 Å². The molecule has 2 aliphatic rings. The molecular weight excluding hydrogens is 320 g/mol. The van der Waals surface area contributed by atoms with Gasteiger partial charge < -0.3 is 15.0 Å². The van der Waals surface area contributed by atoms with Crippen LogP contribution in [0, 0.1) is 11.3 Å². The maximum atomic E-state index is 12.0. The maximum absolute atomic E-state index is 12.0. The smallest absolute Gasteiger partial charge is 0.338 e. The monoisotopic (exact) mass is 342 g/mol. The van der Waals surface area contributed by atoms with E-state index in [0.29, 0.717) is 17.5 Å². The molecule has 1 amide bonds. The van der Waals surface area contributed by atoms with E-state index in [1.54, 1.807) is 19.2 Å². The summed E-state index contributed by atoms with van der Waals surface area (Å²) in [4.78, 5) is 29.4. The van der Waals surface area contributed by atoms with Gasteiger partial charge in [0.2, 0.25) is 5.91 Å². The quantitative estimate of drug-likeness (QED) is 0.820. The number of likely N-dealkylation sites (tertiary alicyclic amines) is 1. The normalized spacial score (nSPS) is 26.0. The number of ether oxygens (including phenoxy) is 1. The van der Waals surface area contributed by atoms with Gasteiger partial charge in [-0.1, -0.05) is 0 Å². The van der Waals surface area contributed by atoms with E-state index in [0.717, 1.165) is 25.9 Å². The van der Waals surface area contributed by atoms with E-state index in [4.69, 9.17) is 4.74 Å². The molecular formula is C18H22N4O3. The van der Waals surface area contributed by atoms with Gasteiger partial charge in [0.25, 0.3) is 0 Å². The largest absolute Gasteiger partial charge is 0.465 e. The Kier molecular flexibility index (Phi) is 4.73. The van der Waals surface area contributed by atoms with Gasteiger partial charge in [-0.2, -0.15) is 5.26 Å². The third-order valence-electron chi connectivity index (χ3n) is 5.24. The molecule has 3 rings (SSSR count). The second-order valence-corrected chi connectivity index (χ2v) is 6.70. The van der Waals surface area contributed by atoms with Gasteiger partial charge in [-0.25, -0.2) is 4.79 Å². The van der Waals surface area contributed by atoms with Gasteiger partial charge >= 0.3 is 5.97 Å². The zero-order valence-corrected chi connectivity index (χ0v) is 14.5. The lowest BCUT2D eigenvalue weighted by molar-refractivity contribution is -0.129. The predicted octanol–water partition coefficient (Wildman–Crippen LogP) is 1.00. The maximum Gasteiger partial charge on any atom is 0.338 e. The van der Waals surface area contributed by atoms with Gasteiger partial charge in [0, 0.05) is 50.1 Å². The lowest BCUT2D eigenvalue weighted by atomic mass is 9.93. The molecule has 0 bridgehead atoms. The summed E-state index contributed by atoms with van der Waals surface area (Å²) in [6, 6.07) is 4.24. The van der Waals surface area contributed by atoms with Crippen LogP contribution in [0.5, 0.6) is 0 Å². The van der Waals surface area contributed by atoms with Crippen LogP contribution in [0.3, 0.4) is 0 Å². The molecule has 2 heterocycles. The Morgan fingerprint density at radius 1 is 1.44 bits per heavy atom. The minimum Gasteiger partial charge on any atom is -0.465 e. The van der Waals surface area contributed by atoms with Crippen LogP contribution in [-0.2, 0) is 14.9 Å². The molecule has 1 aromatic heterocycles. The highest BCUT2D eigenvalue weighted by Crippen LogP contribution is 2.49. The van der Waals surface area contributed by atoms with Gasteiger partial charge in [0.1, 0.15) is 5.41 Å². The Balaban J connectivity index is 1.71. The summed E-state index contributed by atoms with van der Waals surface area (Å²) in [5.74, 6) is -0.346. The Labute approximate surface area is 147 Å². The zero-order valence-electron chi connectivity index (χ0n) is 14.5. The van der Waals surface area contributed by atoms with Crippen molar-refractivity contribution in [2.75, 3.05) is 20.2 Å². The molecule has 7 nitrogen and oxygen atoms in total. The molecule has 1 saturated heterocycles. The van der Waals surface area contributed by atoms with Crippen molar-refractivity contribution < 1.29 is 14.3 Å². The average Bonchev–Trinajstić information content (AvgIpc) is 3.35. The minimum atomic E-state index is -0.741.